The van der Waals surface area contributed by atoms with Crippen LogP contribution >= 0.6 is 31.9 Å². The van der Waals surface area contributed by atoms with Crippen LogP contribution in [0.5, 0.6) is 0 Å². The smallest absolute Gasteiger partial charge is 0.331 e. The number of rotatable bonds is 4. The fourth-order valence-electron chi connectivity index (χ4n) is 2.86. The Bertz CT molecular complexity index is 963. The predicted molar refractivity (Wildman–Crippen MR) is 104 cm³/mol. The highest BCUT2D eigenvalue weighted by Crippen LogP contribution is 2.33. The molecule has 0 spiro atoms. The van der Waals surface area contributed by atoms with E-state index >= 15 is 0 Å². The lowest BCUT2D eigenvalue weighted by atomic mass is 9.90. The van der Waals surface area contributed by atoms with Gasteiger partial charge < -0.3 is 21.1 Å². The molecule has 0 unspecified atom stereocenters. The van der Waals surface area contributed by atoms with E-state index in [1.165, 1.54) is 0 Å². The summed E-state index contributed by atoms with van der Waals surface area (Å²) in [6.07, 6.45) is 0.0664. The zero-order chi connectivity index (χ0) is 18.4. The molecule has 1 aromatic heterocycles. The molecule has 0 aliphatic carbocycles. The summed E-state index contributed by atoms with van der Waals surface area (Å²) < 4.78 is 3.08. The van der Waals surface area contributed by atoms with E-state index in [-0.39, 0.29) is 6.42 Å². The van der Waals surface area contributed by atoms with Crippen molar-refractivity contribution in [3.8, 4) is 0 Å². The number of carbonyl (C=O) groups is 1. The monoisotopic (exact) mass is 466 g/mol. The summed E-state index contributed by atoms with van der Waals surface area (Å²) in [5, 5.41) is 9.86. The minimum absolute atomic E-state index is 0.0664. The van der Waals surface area contributed by atoms with E-state index < -0.39 is 11.5 Å². The van der Waals surface area contributed by atoms with Crippen molar-refractivity contribution >= 4 is 54.5 Å². The molecule has 0 saturated carbocycles. The molecule has 6 nitrogen and oxygen atoms in total. The molecule has 5 N–H and O–H groups in total. The van der Waals surface area contributed by atoms with Crippen molar-refractivity contribution in [1.82, 2.24) is 9.55 Å². The first-order chi connectivity index (χ1) is 11.7. The lowest BCUT2D eigenvalue weighted by Gasteiger charge is -2.25. The minimum atomic E-state index is -1.68. The number of para-hydroxylation sites is 2. The van der Waals surface area contributed by atoms with Gasteiger partial charge in [-0.25, -0.2) is 9.78 Å². The summed E-state index contributed by atoms with van der Waals surface area (Å²) in [6, 6.07) is 11.0. The number of carboxylic acids is 1. The van der Waals surface area contributed by atoms with Crippen molar-refractivity contribution in [3.63, 3.8) is 0 Å². The number of halogens is 2. The molecule has 1 atom stereocenters. The fraction of sp³-hybridized carbons (Fsp3) is 0.176. The second-order valence-electron chi connectivity index (χ2n) is 5.91. The Hall–Kier alpha value is -1.90. The van der Waals surface area contributed by atoms with E-state index in [9.17, 15) is 9.90 Å². The van der Waals surface area contributed by atoms with Crippen molar-refractivity contribution < 1.29 is 9.90 Å². The van der Waals surface area contributed by atoms with Gasteiger partial charge in [0.15, 0.2) is 5.54 Å². The lowest BCUT2D eigenvalue weighted by molar-refractivity contribution is -0.144. The first-order valence-electron chi connectivity index (χ1n) is 7.41. The van der Waals surface area contributed by atoms with E-state index in [0.717, 1.165) is 11.1 Å². The number of imidazole rings is 1. The number of nitrogens with zero attached hydrogens (tertiary/aromatic N) is 2. The molecule has 8 heteroatoms. The summed E-state index contributed by atoms with van der Waals surface area (Å²) in [7, 11) is 1.77. The highest BCUT2D eigenvalue weighted by molar-refractivity contribution is 9.11. The molecule has 25 heavy (non-hydrogen) atoms. The third-order valence-electron chi connectivity index (χ3n) is 4.19. The first-order valence-corrected chi connectivity index (χ1v) is 9.00. The van der Waals surface area contributed by atoms with Crippen LogP contribution in [-0.2, 0) is 23.8 Å². The van der Waals surface area contributed by atoms with Crippen molar-refractivity contribution in [2.24, 2.45) is 12.8 Å². The van der Waals surface area contributed by atoms with Crippen LogP contribution in [-0.4, -0.2) is 20.6 Å². The summed E-state index contributed by atoms with van der Waals surface area (Å²) in [6.45, 7) is 0. The van der Waals surface area contributed by atoms with E-state index in [1.54, 1.807) is 23.7 Å². The number of nitrogen functional groups attached to an aromatic ring is 1. The Labute approximate surface area is 161 Å². The molecule has 3 rings (SSSR count). The van der Waals surface area contributed by atoms with Gasteiger partial charge in [0.05, 0.1) is 16.7 Å². The maximum absolute atomic E-state index is 12.1. The number of fused-ring (bicyclic) bond motifs is 1. The van der Waals surface area contributed by atoms with Crippen LogP contribution in [0.3, 0.4) is 0 Å². The molecule has 0 bridgehead atoms. The van der Waals surface area contributed by atoms with Crippen molar-refractivity contribution in [2.45, 2.75) is 12.0 Å². The molecule has 130 valence electrons. The van der Waals surface area contributed by atoms with Gasteiger partial charge in [-0.2, -0.15) is 0 Å². The molecule has 0 saturated heterocycles. The van der Waals surface area contributed by atoms with Gasteiger partial charge in [-0.15, -0.1) is 0 Å². The normalized spacial score (nSPS) is 13.8. The fourth-order valence-corrected chi connectivity index (χ4v) is 4.14. The second-order valence-corrected chi connectivity index (χ2v) is 7.62. The SMILES string of the molecule is Cn1c([C@](N)(Cc2cc(Br)c(N)c(Br)c2)C(=O)O)nc2ccccc21. The van der Waals surface area contributed by atoms with Crippen molar-refractivity contribution in [3.05, 3.63) is 56.7 Å². The molecule has 2 aromatic carbocycles. The van der Waals surface area contributed by atoms with Gasteiger partial charge in [0, 0.05) is 22.4 Å². The molecule has 1 heterocycles. The van der Waals surface area contributed by atoms with Crippen molar-refractivity contribution in [1.29, 1.82) is 0 Å². The lowest BCUT2D eigenvalue weighted by Crippen LogP contribution is -2.48. The van der Waals surface area contributed by atoms with Crippen LogP contribution in [0.4, 0.5) is 5.69 Å². The van der Waals surface area contributed by atoms with Gasteiger partial charge in [-0.1, -0.05) is 12.1 Å². The van der Waals surface area contributed by atoms with Gasteiger partial charge >= 0.3 is 5.97 Å². The number of nitrogens with two attached hydrogens (primary N) is 2. The average molecular weight is 468 g/mol. The van der Waals surface area contributed by atoms with Crippen LogP contribution in [0, 0.1) is 0 Å². The van der Waals surface area contributed by atoms with E-state index in [4.69, 9.17) is 11.5 Å². The maximum Gasteiger partial charge on any atom is 0.331 e. The van der Waals surface area contributed by atoms with Crippen LogP contribution in [0.2, 0.25) is 0 Å². The molecule has 0 aliphatic heterocycles. The summed E-state index contributed by atoms with van der Waals surface area (Å²) in [5.74, 6) is -0.847. The van der Waals surface area contributed by atoms with E-state index in [2.05, 4.69) is 36.8 Å². The van der Waals surface area contributed by atoms with Crippen molar-refractivity contribution in [2.75, 3.05) is 5.73 Å². The molecule has 3 aromatic rings. The van der Waals surface area contributed by atoms with Gasteiger partial charge in [0.2, 0.25) is 0 Å². The number of aliphatic carboxylic acids is 1. The zero-order valence-electron chi connectivity index (χ0n) is 13.3. The number of hydrogen-bond acceptors (Lipinski definition) is 4. The molecular weight excluding hydrogens is 452 g/mol. The Kier molecular flexibility index (Phi) is 4.61. The first kappa shape index (κ1) is 17.9. The molecule has 0 amide bonds. The summed E-state index contributed by atoms with van der Waals surface area (Å²) in [4.78, 5) is 16.5. The molecular formula is C17H16Br2N4O2. The number of aromatic nitrogens is 2. The average Bonchev–Trinajstić information content (AvgIpc) is 2.90. The van der Waals surface area contributed by atoms with Gasteiger partial charge in [-0.3, -0.25) is 0 Å². The van der Waals surface area contributed by atoms with Crippen LogP contribution < -0.4 is 11.5 Å². The standard InChI is InChI=1S/C17H16Br2N4O2/c1-23-13-5-3-2-4-12(13)22-15(23)17(21,16(24)25)8-9-6-10(18)14(20)11(19)7-9/h2-7H,8,20-21H2,1H3,(H,24,25)/t17-/m1/s1. The van der Waals surface area contributed by atoms with Gasteiger partial charge in [-0.05, 0) is 61.7 Å². The predicted octanol–water partition coefficient (Wildman–Crippen LogP) is 3.16. The largest absolute Gasteiger partial charge is 0.480 e. The quantitative estimate of drug-likeness (QED) is 0.511. The number of aryl methyl sites for hydroxylation is 1. The van der Waals surface area contributed by atoms with E-state index in [0.29, 0.717) is 26.0 Å². The van der Waals surface area contributed by atoms with Crippen LogP contribution in [0.15, 0.2) is 45.3 Å². The van der Waals surface area contributed by atoms with Crippen LogP contribution in [0.25, 0.3) is 11.0 Å². The summed E-state index contributed by atoms with van der Waals surface area (Å²) in [5.41, 5.74) is 13.4. The Morgan fingerprint density at radius 3 is 2.44 bits per heavy atom. The minimum Gasteiger partial charge on any atom is -0.480 e. The van der Waals surface area contributed by atoms with E-state index in [1.807, 2.05) is 24.3 Å². The maximum atomic E-state index is 12.1. The van der Waals surface area contributed by atoms with Crippen LogP contribution in [0.1, 0.15) is 11.4 Å². The Balaban J connectivity index is 2.13. The number of benzene rings is 2. The molecule has 0 radical (unpaired) electrons. The Morgan fingerprint density at radius 2 is 1.88 bits per heavy atom. The Morgan fingerprint density at radius 1 is 1.28 bits per heavy atom. The second kappa shape index (κ2) is 6.44. The number of hydrogen-bond donors (Lipinski definition) is 3. The topological polar surface area (TPSA) is 107 Å². The molecule has 0 fully saturated rings. The number of carboxylic acid groups (broad SMARTS) is 1. The third-order valence-corrected chi connectivity index (χ3v) is 5.50. The third kappa shape index (κ3) is 3.05. The number of anilines is 1. The highest BCUT2D eigenvalue weighted by Gasteiger charge is 2.41. The zero-order valence-corrected chi connectivity index (χ0v) is 16.5. The molecule has 0 aliphatic rings. The summed E-state index contributed by atoms with van der Waals surface area (Å²) >= 11 is 6.75. The van der Waals surface area contributed by atoms with Gasteiger partial charge in [0.25, 0.3) is 0 Å². The highest BCUT2D eigenvalue weighted by atomic mass is 79.9. The van der Waals surface area contributed by atoms with Gasteiger partial charge in [0.1, 0.15) is 5.82 Å².